The fourth-order valence-electron chi connectivity index (χ4n) is 0.907. The minimum Gasteiger partial charge on any atom is -0.369 e. The maximum Gasteiger partial charge on any atom is 0.241 e. The molecule has 0 fully saturated rings. The molecule has 1 amide bonds. The van der Waals surface area contributed by atoms with Crippen LogP contribution in [0.15, 0.2) is 23.2 Å². The molecule has 0 aromatic carbocycles. The molecule has 0 aliphatic heterocycles. The Balaban J connectivity index is 2.93. The molecule has 9 heteroatoms. The van der Waals surface area contributed by atoms with E-state index < -0.39 is 22.5 Å². The van der Waals surface area contributed by atoms with E-state index in [1.54, 1.807) is 0 Å². The molecule has 16 heavy (non-hydrogen) atoms. The number of anilines is 1. The van der Waals surface area contributed by atoms with Crippen LogP contribution in [0.1, 0.15) is 0 Å². The highest BCUT2D eigenvalue weighted by Crippen LogP contribution is 2.11. The van der Waals surface area contributed by atoms with Gasteiger partial charge in [0, 0.05) is 12.3 Å². The van der Waals surface area contributed by atoms with Crippen molar-refractivity contribution in [2.45, 2.75) is 4.90 Å². The van der Waals surface area contributed by atoms with Crippen molar-refractivity contribution in [1.29, 1.82) is 0 Å². The lowest BCUT2D eigenvalue weighted by atomic mass is 10.5. The van der Waals surface area contributed by atoms with Gasteiger partial charge in [-0.2, -0.15) is 0 Å². The lowest BCUT2D eigenvalue weighted by Gasteiger charge is -2.05. The number of nitrogens with two attached hydrogens (primary N) is 2. The second-order valence-electron chi connectivity index (χ2n) is 2.81. The summed E-state index contributed by atoms with van der Waals surface area (Å²) in [5.74, 6) is 4.51. The first kappa shape index (κ1) is 12.4. The number of amides is 1. The van der Waals surface area contributed by atoms with Crippen LogP contribution < -0.4 is 21.7 Å². The Labute approximate surface area is 92.1 Å². The van der Waals surface area contributed by atoms with E-state index in [-0.39, 0.29) is 10.7 Å². The highest BCUT2D eigenvalue weighted by Gasteiger charge is 2.15. The predicted octanol–water partition coefficient (Wildman–Crippen LogP) is -1.87. The summed E-state index contributed by atoms with van der Waals surface area (Å²) in [5.41, 5.74) is 7.03. The molecular formula is C7H11N5O3S. The average molecular weight is 245 g/mol. The minimum absolute atomic E-state index is 0.0586. The van der Waals surface area contributed by atoms with Gasteiger partial charge in [-0.1, -0.05) is 0 Å². The molecule has 0 bridgehead atoms. The SMILES string of the molecule is NNc1cc(S(=O)(=O)NCC(N)=O)ccn1. The van der Waals surface area contributed by atoms with Crippen molar-refractivity contribution in [2.75, 3.05) is 12.0 Å². The summed E-state index contributed by atoms with van der Waals surface area (Å²) in [5, 5.41) is 0. The summed E-state index contributed by atoms with van der Waals surface area (Å²) in [6.45, 7) is -0.462. The van der Waals surface area contributed by atoms with Crippen LogP contribution in [0.25, 0.3) is 0 Å². The molecule has 1 aromatic rings. The van der Waals surface area contributed by atoms with Gasteiger partial charge < -0.3 is 11.2 Å². The summed E-state index contributed by atoms with van der Waals surface area (Å²) < 4.78 is 25.2. The van der Waals surface area contributed by atoms with Crippen LogP contribution in [0.5, 0.6) is 0 Å². The van der Waals surface area contributed by atoms with Crippen molar-refractivity contribution >= 4 is 21.7 Å². The fraction of sp³-hybridized carbons (Fsp3) is 0.143. The molecule has 0 saturated carbocycles. The van der Waals surface area contributed by atoms with Gasteiger partial charge in [-0.15, -0.1) is 0 Å². The van der Waals surface area contributed by atoms with Crippen LogP contribution in [0.4, 0.5) is 5.82 Å². The molecule has 1 aromatic heterocycles. The van der Waals surface area contributed by atoms with Gasteiger partial charge in [0.2, 0.25) is 15.9 Å². The molecule has 88 valence electrons. The Kier molecular flexibility index (Phi) is 3.77. The van der Waals surface area contributed by atoms with E-state index in [4.69, 9.17) is 11.6 Å². The number of aromatic nitrogens is 1. The Hall–Kier alpha value is -1.71. The number of nitrogens with one attached hydrogen (secondary N) is 2. The van der Waals surface area contributed by atoms with Crippen LogP contribution in [-0.4, -0.2) is 25.9 Å². The van der Waals surface area contributed by atoms with Crippen molar-refractivity contribution in [3.8, 4) is 0 Å². The number of carbonyl (C=O) groups is 1. The molecule has 6 N–H and O–H groups in total. The third-order valence-electron chi connectivity index (χ3n) is 1.63. The largest absolute Gasteiger partial charge is 0.369 e. The molecule has 0 atom stereocenters. The molecule has 0 saturated heterocycles. The summed E-state index contributed by atoms with van der Waals surface area (Å²) >= 11 is 0. The maximum atomic E-state index is 11.6. The highest BCUT2D eigenvalue weighted by atomic mass is 32.2. The summed E-state index contributed by atoms with van der Waals surface area (Å²) in [6.07, 6.45) is 1.27. The molecule has 8 nitrogen and oxygen atoms in total. The zero-order valence-electron chi connectivity index (χ0n) is 8.17. The predicted molar refractivity (Wildman–Crippen MR) is 56.4 cm³/mol. The van der Waals surface area contributed by atoms with Gasteiger partial charge in [0.25, 0.3) is 0 Å². The Bertz CT molecular complexity index is 487. The van der Waals surface area contributed by atoms with E-state index in [2.05, 4.69) is 10.4 Å². The lowest BCUT2D eigenvalue weighted by Crippen LogP contribution is -2.33. The third-order valence-corrected chi connectivity index (χ3v) is 3.02. The van der Waals surface area contributed by atoms with Crippen molar-refractivity contribution in [2.24, 2.45) is 11.6 Å². The number of nitrogens with zero attached hydrogens (tertiary/aromatic N) is 1. The zero-order valence-corrected chi connectivity index (χ0v) is 8.99. The second-order valence-corrected chi connectivity index (χ2v) is 4.58. The number of primary amides is 1. The van der Waals surface area contributed by atoms with Crippen LogP contribution in [0.3, 0.4) is 0 Å². The highest BCUT2D eigenvalue weighted by molar-refractivity contribution is 7.89. The van der Waals surface area contributed by atoms with E-state index in [0.29, 0.717) is 0 Å². The van der Waals surface area contributed by atoms with E-state index in [9.17, 15) is 13.2 Å². The van der Waals surface area contributed by atoms with Crippen molar-refractivity contribution < 1.29 is 13.2 Å². The van der Waals surface area contributed by atoms with Gasteiger partial charge in [0.15, 0.2) is 0 Å². The molecular weight excluding hydrogens is 234 g/mol. The van der Waals surface area contributed by atoms with Crippen LogP contribution in [0.2, 0.25) is 0 Å². The van der Waals surface area contributed by atoms with Crippen LogP contribution in [0, 0.1) is 0 Å². The molecule has 0 aliphatic rings. The number of hydrogen-bond acceptors (Lipinski definition) is 6. The minimum atomic E-state index is -3.77. The fourth-order valence-corrected chi connectivity index (χ4v) is 1.91. The maximum absolute atomic E-state index is 11.6. The number of nitrogen functional groups attached to an aromatic ring is 1. The first-order valence-electron chi connectivity index (χ1n) is 4.16. The Morgan fingerprint density at radius 2 is 2.19 bits per heavy atom. The molecule has 1 heterocycles. The van der Waals surface area contributed by atoms with E-state index in [0.717, 1.165) is 0 Å². The molecule has 0 aliphatic carbocycles. The van der Waals surface area contributed by atoms with Crippen LogP contribution >= 0.6 is 0 Å². The van der Waals surface area contributed by atoms with Crippen LogP contribution in [-0.2, 0) is 14.8 Å². The third kappa shape index (κ3) is 3.15. The normalized spacial score (nSPS) is 11.1. The first-order valence-corrected chi connectivity index (χ1v) is 5.64. The van der Waals surface area contributed by atoms with E-state index in [1.165, 1.54) is 18.3 Å². The topological polar surface area (TPSA) is 140 Å². The smallest absolute Gasteiger partial charge is 0.241 e. The van der Waals surface area contributed by atoms with Crippen molar-refractivity contribution in [1.82, 2.24) is 9.71 Å². The van der Waals surface area contributed by atoms with Crippen molar-refractivity contribution in [3.05, 3.63) is 18.3 Å². The first-order chi connectivity index (χ1) is 7.45. The van der Waals surface area contributed by atoms with Gasteiger partial charge in [0.05, 0.1) is 11.4 Å². The van der Waals surface area contributed by atoms with E-state index in [1.807, 2.05) is 4.72 Å². The van der Waals surface area contributed by atoms with Gasteiger partial charge in [0.1, 0.15) is 5.82 Å². The Morgan fingerprint density at radius 1 is 1.50 bits per heavy atom. The van der Waals surface area contributed by atoms with Crippen molar-refractivity contribution in [3.63, 3.8) is 0 Å². The number of hydrogen-bond donors (Lipinski definition) is 4. The Morgan fingerprint density at radius 3 is 2.75 bits per heavy atom. The molecule has 0 unspecified atom stereocenters. The summed E-state index contributed by atoms with van der Waals surface area (Å²) in [4.78, 5) is 14.1. The number of rotatable bonds is 5. The number of carbonyl (C=O) groups excluding carboxylic acids is 1. The monoisotopic (exact) mass is 245 g/mol. The number of pyridine rings is 1. The number of hydrazine groups is 1. The van der Waals surface area contributed by atoms with Gasteiger partial charge in [-0.3, -0.25) is 4.79 Å². The zero-order chi connectivity index (χ0) is 12.2. The molecule has 1 rings (SSSR count). The summed E-state index contributed by atoms with van der Waals surface area (Å²) in [6, 6.07) is 2.49. The van der Waals surface area contributed by atoms with E-state index >= 15 is 0 Å². The summed E-state index contributed by atoms with van der Waals surface area (Å²) in [7, 11) is -3.77. The number of sulfonamides is 1. The van der Waals surface area contributed by atoms with Gasteiger partial charge in [-0.05, 0) is 6.07 Å². The van der Waals surface area contributed by atoms with Gasteiger partial charge in [-0.25, -0.2) is 24.0 Å². The molecule has 0 radical (unpaired) electrons. The quantitative estimate of drug-likeness (QED) is 0.354. The molecule has 0 spiro atoms. The standard InChI is InChI=1S/C7H11N5O3S/c8-6(13)4-11-16(14,15)5-1-2-10-7(3-5)12-9/h1-3,11H,4,9H2,(H2,8,13)(H,10,12). The average Bonchev–Trinajstić information content (AvgIpc) is 2.27. The lowest BCUT2D eigenvalue weighted by molar-refractivity contribution is -0.116. The second kappa shape index (κ2) is 4.88. The van der Waals surface area contributed by atoms with Gasteiger partial charge >= 0.3 is 0 Å².